The summed E-state index contributed by atoms with van der Waals surface area (Å²) in [7, 11) is 1.65. The Morgan fingerprint density at radius 3 is 2.88 bits per heavy atom. The SMILES string of the molecule is COc1cccc(CN(CC2CC2)C(=O)c2n[nH]c3ccccc23)c1. The fourth-order valence-electron chi connectivity index (χ4n) is 3.10. The van der Waals surface area contributed by atoms with Gasteiger partial charge in [0.05, 0.1) is 12.6 Å². The summed E-state index contributed by atoms with van der Waals surface area (Å²) in [6, 6.07) is 15.6. The van der Waals surface area contributed by atoms with Gasteiger partial charge in [-0.1, -0.05) is 30.3 Å². The number of rotatable bonds is 6. The Kier molecular flexibility index (Phi) is 4.14. The maximum atomic E-state index is 13.2. The van der Waals surface area contributed by atoms with Crippen LogP contribution in [0.5, 0.6) is 5.75 Å². The minimum absolute atomic E-state index is 0.0211. The van der Waals surface area contributed by atoms with Crippen LogP contribution in [-0.2, 0) is 6.54 Å². The Morgan fingerprint density at radius 1 is 1.24 bits per heavy atom. The lowest BCUT2D eigenvalue weighted by molar-refractivity contribution is 0.0730. The number of hydrogen-bond acceptors (Lipinski definition) is 3. The van der Waals surface area contributed by atoms with Crippen LogP contribution in [0.25, 0.3) is 10.9 Å². The first-order valence-electron chi connectivity index (χ1n) is 8.60. The molecule has 0 unspecified atom stereocenters. The van der Waals surface area contributed by atoms with E-state index >= 15 is 0 Å². The van der Waals surface area contributed by atoms with Crippen molar-refractivity contribution < 1.29 is 9.53 Å². The molecule has 5 nitrogen and oxygen atoms in total. The maximum Gasteiger partial charge on any atom is 0.275 e. The molecule has 0 aliphatic heterocycles. The average molecular weight is 335 g/mol. The van der Waals surface area contributed by atoms with E-state index in [0.717, 1.165) is 28.8 Å². The van der Waals surface area contributed by atoms with Crippen LogP contribution < -0.4 is 4.74 Å². The second-order valence-corrected chi connectivity index (χ2v) is 6.60. The van der Waals surface area contributed by atoms with E-state index in [1.54, 1.807) is 7.11 Å². The van der Waals surface area contributed by atoms with Gasteiger partial charge in [0.2, 0.25) is 0 Å². The van der Waals surface area contributed by atoms with Gasteiger partial charge in [-0.15, -0.1) is 0 Å². The first kappa shape index (κ1) is 15.7. The van der Waals surface area contributed by atoms with Crippen LogP contribution in [0.2, 0.25) is 0 Å². The first-order chi connectivity index (χ1) is 12.2. The number of aromatic nitrogens is 2. The molecule has 1 fully saturated rings. The zero-order chi connectivity index (χ0) is 17.2. The van der Waals surface area contributed by atoms with E-state index in [1.165, 1.54) is 12.8 Å². The van der Waals surface area contributed by atoms with Crippen molar-refractivity contribution in [3.63, 3.8) is 0 Å². The van der Waals surface area contributed by atoms with Crippen molar-refractivity contribution in [1.82, 2.24) is 15.1 Å². The molecule has 3 aromatic rings. The van der Waals surface area contributed by atoms with Crippen LogP contribution in [0.1, 0.15) is 28.9 Å². The molecular formula is C20H21N3O2. The van der Waals surface area contributed by atoms with Gasteiger partial charge in [0.25, 0.3) is 5.91 Å². The maximum absolute atomic E-state index is 13.2. The molecule has 1 N–H and O–H groups in total. The third kappa shape index (κ3) is 3.36. The number of para-hydroxylation sites is 1. The van der Waals surface area contributed by atoms with E-state index in [2.05, 4.69) is 10.2 Å². The fourth-order valence-corrected chi connectivity index (χ4v) is 3.10. The molecule has 1 heterocycles. The van der Waals surface area contributed by atoms with Crippen LogP contribution in [0.4, 0.5) is 0 Å². The highest BCUT2D eigenvalue weighted by Crippen LogP contribution is 2.31. The molecule has 128 valence electrons. The van der Waals surface area contributed by atoms with Crippen LogP contribution in [-0.4, -0.2) is 34.7 Å². The molecule has 1 aliphatic carbocycles. The van der Waals surface area contributed by atoms with E-state index < -0.39 is 0 Å². The Labute approximate surface area is 146 Å². The second-order valence-electron chi connectivity index (χ2n) is 6.60. The minimum atomic E-state index is -0.0211. The molecule has 1 aromatic heterocycles. The number of hydrogen-bond donors (Lipinski definition) is 1. The molecule has 2 aromatic carbocycles. The van der Waals surface area contributed by atoms with Gasteiger partial charge in [-0.3, -0.25) is 9.89 Å². The highest BCUT2D eigenvalue weighted by molar-refractivity contribution is 6.04. The standard InChI is InChI=1S/C20H21N3O2/c1-25-16-6-4-5-15(11-16)13-23(12-14-9-10-14)20(24)19-17-7-2-3-8-18(17)21-22-19/h2-8,11,14H,9-10,12-13H2,1H3,(H,21,22). The summed E-state index contributed by atoms with van der Waals surface area (Å²) < 4.78 is 5.30. The van der Waals surface area contributed by atoms with Gasteiger partial charge in [0.1, 0.15) is 5.75 Å². The molecule has 25 heavy (non-hydrogen) atoms. The summed E-state index contributed by atoms with van der Waals surface area (Å²) in [4.78, 5) is 15.1. The van der Waals surface area contributed by atoms with Crippen molar-refractivity contribution in [2.75, 3.05) is 13.7 Å². The van der Waals surface area contributed by atoms with Crippen molar-refractivity contribution in [3.8, 4) is 5.75 Å². The molecule has 1 amide bonds. The molecule has 0 bridgehead atoms. The number of carbonyl (C=O) groups is 1. The summed E-state index contributed by atoms with van der Waals surface area (Å²) in [5, 5.41) is 8.11. The highest BCUT2D eigenvalue weighted by Gasteiger charge is 2.29. The largest absolute Gasteiger partial charge is 0.497 e. The zero-order valence-electron chi connectivity index (χ0n) is 14.2. The van der Waals surface area contributed by atoms with E-state index in [-0.39, 0.29) is 5.91 Å². The molecule has 1 aliphatic rings. The van der Waals surface area contributed by atoms with Gasteiger partial charge in [0.15, 0.2) is 5.69 Å². The van der Waals surface area contributed by atoms with Crippen LogP contribution in [0.15, 0.2) is 48.5 Å². The fraction of sp³-hybridized carbons (Fsp3) is 0.300. The summed E-state index contributed by atoms with van der Waals surface area (Å²) in [6.45, 7) is 1.34. The van der Waals surface area contributed by atoms with E-state index in [0.29, 0.717) is 18.2 Å². The topological polar surface area (TPSA) is 58.2 Å². The lowest BCUT2D eigenvalue weighted by Gasteiger charge is -2.22. The first-order valence-corrected chi connectivity index (χ1v) is 8.60. The van der Waals surface area contributed by atoms with Gasteiger partial charge in [-0.25, -0.2) is 0 Å². The minimum Gasteiger partial charge on any atom is -0.497 e. The number of carbonyl (C=O) groups excluding carboxylic acids is 1. The number of amides is 1. The third-order valence-corrected chi connectivity index (χ3v) is 4.64. The van der Waals surface area contributed by atoms with Gasteiger partial charge < -0.3 is 9.64 Å². The summed E-state index contributed by atoms with van der Waals surface area (Å²) in [5.74, 6) is 1.40. The van der Waals surface area contributed by atoms with Crippen LogP contribution in [0.3, 0.4) is 0 Å². The molecule has 0 spiro atoms. The van der Waals surface area contributed by atoms with Crippen molar-refractivity contribution in [3.05, 3.63) is 59.8 Å². The van der Waals surface area contributed by atoms with Crippen molar-refractivity contribution in [2.45, 2.75) is 19.4 Å². The van der Waals surface area contributed by atoms with Gasteiger partial charge in [0, 0.05) is 18.5 Å². The Hall–Kier alpha value is -2.82. The summed E-state index contributed by atoms with van der Waals surface area (Å²) in [6.07, 6.45) is 2.40. The van der Waals surface area contributed by atoms with Gasteiger partial charge in [-0.2, -0.15) is 5.10 Å². The Morgan fingerprint density at radius 2 is 2.08 bits per heavy atom. The lowest BCUT2D eigenvalue weighted by atomic mass is 10.1. The van der Waals surface area contributed by atoms with Crippen molar-refractivity contribution in [1.29, 1.82) is 0 Å². The van der Waals surface area contributed by atoms with E-state index in [1.807, 2.05) is 53.4 Å². The van der Waals surface area contributed by atoms with Crippen molar-refractivity contribution in [2.24, 2.45) is 5.92 Å². The number of aromatic amines is 1. The summed E-state index contributed by atoms with van der Waals surface area (Å²) >= 11 is 0. The number of nitrogens with one attached hydrogen (secondary N) is 1. The average Bonchev–Trinajstić information content (AvgIpc) is 3.36. The monoisotopic (exact) mass is 335 g/mol. The molecule has 1 saturated carbocycles. The number of ether oxygens (including phenoxy) is 1. The van der Waals surface area contributed by atoms with Crippen LogP contribution >= 0.6 is 0 Å². The third-order valence-electron chi connectivity index (χ3n) is 4.64. The molecule has 0 saturated heterocycles. The molecular weight excluding hydrogens is 314 g/mol. The van der Waals surface area contributed by atoms with E-state index in [4.69, 9.17) is 4.74 Å². The molecule has 5 heteroatoms. The number of nitrogens with zero attached hydrogens (tertiary/aromatic N) is 2. The van der Waals surface area contributed by atoms with Crippen molar-refractivity contribution >= 4 is 16.8 Å². The molecule has 4 rings (SSSR count). The number of benzene rings is 2. The number of H-pyrrole nitrogens is 1. The molecule has 0 atom stereocenters. The van der Waals surface area contributed by atoms with E-state index in [9.17, 15) is 4.79 Å². The zero-order valence-corrected chi connectivity index (χ0v) is 14.2. The molecule has 0 radical (unpaired) electrons. The quantitative estimate of drug-likeness (QED) is 0.748. The normalized spacial score (nSPS) is 13.8. The summed E-state index contributed by atoms with van der Waals surface area (Å²) in [5.41, 5.74) is 2.45. The van der Waals surface area contributed by atoms with Gasteiger partial charge >= 0.3 is 0 Å². The Bertz CT molecular complexity index is 899. The highest BCUT2D eigenvalue weighted by atomic mass is 16.5. The second kappa shape index (κ2) is 6.59. The number of fused-ring (bicyclic) bond motifs is 1. The number of methoxy groups -OCH3 is 1. The smallest absolute Gasteiger partial charge is 0.275 e. The predicted octanol–water partition coefficient (Wildman–Crippen LogP) is 3.62. The Balaban J connectivity index is 1.62. The predicted molar refractivity (Wildman–Crippen MR) is 96.6 cm³/mol. The lowest BCUT2D eigenvalue weighted by Crippen LogP contribution is -2.32. The van der Waals surface area contributed by atoms with Gasteiger partial charge in [-0.05, 0) is 42.5 Å². The van der Waals surface area contributed by atoms with Crippen LogP contribution in [0, 0.1) is 5.92 Å².